The zero-order valence-corrected chi connectivity index (χ0v) is 11.2. The lowest BCUT2D eigenvalue weighted by molar-refractivity contribution is 0.0937. The van der Waals surface area contributed by atoms with E-state index in [2.05, 4.69) is 15.7 Å². The van der Waals surface area contributed by atoms with Gasteiger partial charge in [0.1, 0.15) is 0 Å². The van der Waals surface area contributed by atoms with E-state index in [0.29, 0.717) is 11.6 Å². The molecule has 0 saturated heterocycles. The van der Waals surface area contributed by atoms with Gasteiger partial charge >= 0.3 is 0 Å². The first-order valence-corrected chi connectivity index (χ1v) is 7.27. The van der Waals surface area contributed by atoms with Gasteiger partial charge in [-0.15, -0.1) is 11.3 Å². The van der Waals surface area contributed by atoms with E-state index < -0.39 is 0 Å². The van der Waals surface area contributed by atoms with Gasteiger partial charge in [0.2, 0.25) is 0 Å². The minimum Gasteiger partial charge on any atom is -0.349 e. The molecule has 1 saturated carbocycles. The van der Waals surface area contributed by atoms with Gasteiger partial charge in [-0.1, -0.05) is 12.8 Å². The van der Waals surface area contributed by atoms with Crippen LogP contribution in [0.2, 0.25) is 0 Å². The maximum Gasteiger partial charge on any atom is 0.253 e. The van der Waals surface area contributed by atoms with Gasteiger partial charge in [-0.3, -0.25) is 9.78 Å². The number of carbonyl (C=O) groups excluding carboxylic acids is 1. The molecule has 94 valence electrons. The third kappa shape index (κ3) is 2.12. The van der Waals surface area contributed by atoms with Crippen molar-refractivity contribution >= 4 is 27.5 Å². The number of aryl methyl sites for hydroxylation is 1. The highest BCUT2D eigenvalue weighted by atomic mass is 32.1. The summed E-state index contributed by atoms with van der Waals surface area (Å²) in [6.45, 7) is 2.05. The van der Waals surface area contributed by atoms with E-state index in [0.717, 1.165) is 23.1 Å². The predicted octanol–water partition coefficient (Wildman–Crippen LogP) is 3.28. The minimum absolute atomic E-state index is 0.0161. The molecule has 1 N–H and O–H groups in total. The molecule has 0 spiro atoms. The molecule has 1 fully saturated rings. The Morgan fingerprint density at radius 2 is 2.22 bits per heavy atom. The van der Waals surface area contributed by atoms with Gasteiger partial charge in [0.05, 0.1) is 15.8 Å². The van der Waals surface area contributed by atoms with E-state index in [4.69, 9.17) is 0 Å². The van der Waals surface area contributed by atoms with E-state index >= 15 is 0 Å². The van der Waals surface area contributed by atoms with Gasteiger partial charge < -0.3 is 5.32 Å². The van der Waals surface area contributed by atoms with Crippen molar-refractivity contribution in [3.8, 4) is 0 Å². The maximum absolute atomic E-state index is 12.1. The molecule has 0 radical (unpaired) electrons. The summed E-state index contributed by atoms with van der Waals surface area (Å²) in [6.07, 6.45) is 6.37. The van der Waals surface area contributed by atoms with Crippen molar-refractivity contribution in [3.63, 3.8) is 0 Å². The lowest BCUT2D eigenvalue weighted by atomic mass is 10.2. The van der Waals surface area contributed by atoms with Crippen LogP contribution in [0.3, 0.4) is 0 Å². The number of carbonyl (C=O) groups is 1. The van der Waals surface area contributed by atoms with E-state index in [1.165, 1.54) is 18.4 Å². The highest BCUT2D eigenvalue weighted by Crippen LogP contribution is 2.24. The average molecular weight is 260 g/mol. The van der Waals surface area contributed by atoms with Crippen LogP contribution in [0.1, 0.15) is 41.6 Å². The summed E-state index contributed by atoms with van der Waals surface area (Å²) < 4.78 is 1.09. The second-order valence-electron chi connectivity index (χ2n) is 4.94. The van der Waals surface area contributed by atoms with Gasteiger partial charge in [-0.25, -0.2) is 0 Å². The van der Waals surface area contributed by atoms with Crippen molar-refractivity contribution in [1.82, 2.24) is 10.3 Å². The number of amides is 1. The Bertz CT molecular complexity index is 584. The zero-order valence-electron chi connectivity index (χ0n) is 10.4. The van der Waals surface area contributed by atoms with Crippen molar-refractivity contribution in [3.05, 3.63) is 28.8 Å². The molecule has 0 aromatic carbocycles. The molecule has 1 aliphatic carbocycles. The Balaban J connectivity index is 1.82. The summed E-state index contributed by atoms with van der Waals surface area (Å²) in [4.78, 5) is 16.5. The highest BCUT2D eigenvalue weighted by Gasteiger charge is 2.18. The summed E-state index contributed by atoms with van der Waals surface area (Å²) in [5, 5.41) is 5.17. The van der Waals surface area contributed by atoms with Gasteiger partial charge in [0.15, 0.2) is 0 Å². The molecule has 2 heterocycles. The molecular weight excluding hydrogens is 244 g/mol. The van der Waals surface area contributed by atoms with Crippen LogP contribution in [0.15, 0.2) is 17.6 Å². The lowest BCUT2D eigenvalue weighted by Crippen LogP contribution is -2.32. The van der Waals surface area contributed by atoms with E-state index in [1.807, 2.05) is 13.0 Å². The van der Waals surface area contributed by atoms with E-state index in [1.54, 1.807) is 17.5 Å². The summed E-state index contributed by atoms with van der Waals surface area (Å²) in [6, 6.07) is 2.31. The SMILES string of the molecule is Cc1csc2cc(C(=O)NC3CCCC3)cnc12. The van der Waals surface area contributed by atoms with Crippen LogP contribution in [0, 0.1) is 6.92 Å². The normalized spacial score (nSPS) is 16.3. The number of hydrogen-bond acceptors (Lipinski definition) is 3. The summed E-state index contributed by atoms with van der Waals surface area (Å²) >= 11 is 1.65. The molecule has 0 bridgehead atoms. The first-order valence-electron chi connectivity index (χ1n) is 6.39. The first kappa shape index (κ1) is 11.7. The summed E-state index contributed by atoms with van der Waals surface area (Å²) in [5.74, 6) is 0.0161. The molecule has 18 heavy (non-hydrogen) atoms. The number of rotatable bonds is 2. The molecule has 4 heteroatoms. The van der Waals surface area contributed by atoms with Crippen LogP contribution in [0.25, 0.3) is 10.2 Å². The molecule has 0 aliphatic heterocycles. The zero-order chi connectivity index (χ0) is 12.5. The van der Waals surface area contributed by atoms with Crippen LogP contribution >= 0.6 is 11.3 Å². The Morgan fingerprint density at radius 1 is 1.44 bits per heavy atom. The Hall–Kier alpha value is -1.42. The number of thiophene rings is 1. The predicted molar refractivity (Wildman–Crippen MR) is 74.1 cm³/mol. The molecule has 2 aromatic rings. The van der Waals surface area contributed by atoms with E-state index in [9.17, 15) is 4.79 Å². The van der Waals surface area contributed by atoms with Gasteiger partial charge in [-0.05, 0) is 36.8 Å². The van der Waals surface area contributed by atoms with Crippen molar-refractivity contribution in [1.29, 1.82) is 0 Å². The summed E-state index contributed by atoms with van der Waals surface area (Å²) in [5.41, 5.74) is 2.87. The standard InChI is InChI=1S/C14H16N2OS/c1-9-8-18-12-6-10(7-15-13(9)12)14(17)16-11-4-2-3-5-11/h6-8,11H,2-5H2,1H3,(H,16,17). The number of fused-ring (bicyclic) bond motifs is 1. The molecule has 1 amide bonds. The topological polar surface area (TPSA) is 42.0 Å². The molecule has 0 atom stereocenters. The lowest BCUT2D eigenvalue weighted by Gasteiger charge is -2.11. The number of nitrogens with zero attached hydrogens (tertiary/aromatic N) is 1. The van der Waals surface area contributed by atoms with Gasteiger partial charge in [-0.2, -0.15) is 0 Å². The number of nitrogens with one attached hydrogen (secondary N) is 1. The fourth-order valence-corrected chi connectivity index (χ4v) is 3.44. The molecule has 3 nitrogen and oxygen atoms in total. The molecule has 3 rings (SSSR count). The van der Waals surface area contributed by atoms with Crippen molar-refractivity contribution in [2.45, 2.75) is 38.6 Å². The summed E-state index contributed by atoms with van der Waals surface area (Å²) in [7, 11) is 0. The van der Waals surface area contributed by atoms with Gasteiger partial charge in [0, 0.05) is 12.2 Å². The monoisotopic (exact) mass is 260 g/mol. The number of hydrogen-bond donors (Lipinski definition) is 1. The Labute approximate surface area is 110 Å². The number of aromatic nitrogens is 1. The van der Waals surface area contributed by atoms with Crippen molar-refractivity contribution in [2.24, 2.45) is 0 Å². The second kappa shape index (κ2) is 4.69. The van der Waals surface area contributed by atoms with Crippen LogP contribution in [-0.2, 0) is 0 Å². The molecule has 0 unspecified atom stereocenters. The maximum atomic E-state index is 12.1. The third-order valence-corrected chi connectivity index (χ3v) is 4.58. The molecular formula is C14H16N2OS. The van der Waals surface area contributed by atoms with Gasteiger partial charge in [0.25, 0.3) is 5.91 Å². The molecule has 1 aliphatic rings. The Kier molecular flexibility index (Phi) is 3.04. The van der Waals surface area contributed by atoms with Crippen LogP contribution in [-0.4, -0.2) is 16.9 Å². The minimum atomic E-state index is 0.0161. The smallest absolute Gasteiger partial charge is 0.253 e. The quantitative estimate of drug-likeness (QED) is 0.900. The van der Waals surface area contributed by atoms with Crippen molar-refractivity contribution < 1.29 is 4.79 Å². The fourth-order valence-electron chi connectivity index (χ4n) is 2.50. The average Bonchev–Trinajstić information content (AvgIpc) is 2.99. The largest absolute Gasteiger partial charge is 0.349 e. The van der Waals surface area contributed by atoms with Crippen LogP contribution in [0.4, 0.5) is 0 Å². The first-order chi connectivity index (χ1) is 8.74. The molecule has 2 aromatic heterocycles. The number of pyridine rings is 1. The fraction of sp³-hybridized carbons (Fsp3) is 0.429. The van der Waals surface area contributed by atoms with Crippen LogP contribution < -0.4 is 5.32 Å². The highest BCUT2D eigenvalue weighted by molar-refractivity contribution is 7.17. The Morgan fingerprint density at radius 3 is 3.00 bits per heavy atom. The third-order valence-electron chi connectivity index (χ3n) is 3.54. The van der Waals surface area contributed by atoms with E-state index in [-0.39, 0.29) is 5.91 Å². The van der Waals surface area contributed by atoms with Crippen molar-refractivity contribution in [2.75, 3.05) is 0 Å². The second-order valence-corrected chi connectivity index (χ2v) is 5.86. The van der Waals surface area contributed by atoms with Crippen LogP contribution in [0.5, 0.6) is 0 Å².